The van der Waals surface area contributed by atoms with Crippen LogP contribution in [0.15, 0.2) is 51.5 Å². The monoisotopic (exact) mass is 300 g/mol. The van der Waals surface area contributed by atoms with Gasteiger partial charge in [0.2, 0.25) is 0 Å². The number of hydrogen-bond donors (Lipinski definition) is 0. The summed E-state index contributed by atoms with van der Waals surface area (Å²) in [6.45, 7) is -0.134. The summed E-state index contributed by atoms with van der Waals surface area (Å²) in [5.41, 5.74) is 0.329. The smallest absolute Gasteiger partial charge is 0.342 e. The molecule has 112 valence electrons. The van der Waals surface area contributed by atoms with Gasteiger partial charge < -0.3 is 18.3 Å². The lowest BCUT2D eigenvalue weighted by Gasteiger charge is -2.06. The average molecular weight is 300 g/mol. The molecule has 0 fully saturated rings. The minimum atomic E-state index is -0.532. The highest BCUT2D eigenvalue weighted by Gasteiger charge is 2.16. The number of aromatic nitrogens is 2. The number of esters is 1. The van der Waals surface area contributed by atoms with Crippen LogP contribution in [0, 0.1) is 0 Å². The van der Waals surface area contributed by atoms with Gasteiger partial charge in [0.25, 0.3) is 11.8 Å². The molecular weight excluding hydrogens is 288 g/mol. The summed E-state index contributed by atoms with van der Waals surface area (Å²) in [5, 5.41) is 7.61. The van der Waals surface area contributed by atoms with Gasteiger partial charge in [0, 0.05) is 0 Å². The number of carbonyl (C=O) groups excluding carboxylic acids is 1. The Labute approximate surface area is 125 Å². The van der Waals surface area contributed by atoms with Crippen molar-refractivity contribution in [3.8, 4) is 17.4 Å². The normalized spacial score (nSPS) is 10.4. The standard InChI is InChI=1S/C15H12N2O5/c1-19-11-6-3-2-5-10(11)15(18)21-9-13-16-17-14(22-13)12-7-4-8-20-12/h2-8H,9H2,1H3. The van der Waals surface area contributed by atoms with Gasteiger partial charge in [-0.05, 0) is 24.3 Å². The maximum Gasteiger partial charge on any atom is 0.342 e. The lowest BCUT2D eigenvalue weighted by molar-refractivity contribution is 0.0435. The Hall–Kier alpha value is -3.09. The van der Waals surface area contributed by atoms with Crippen LogP contribution in [0.25, 0.3) is 11.7 Å². The number of nitrogens with zero attached hydrogens (tertiary/aromatic N) is 2. The molecule has 0 atom stereocenters. The molecule has 0 aliphatic rings. The van der Waals surface area contributed by atoms with Gasteiger partial charge in [0.1, 0.15) is 11.3 Å². The Balaban J connectivity index is 1.66. The maximum atomic E-state index is 12.0. The predicted octanol–water partition coefficient (Wildman–Crippen LogP) is 2.70. The third-order valence-electron chi connectivity index (χ3n) is 2.85. The Kier molecular flexibility index (Phi) is 3.86. The van der Waals surface area contributed by atoms with Crippen molar-refractivity contribution in [2.75, 3.05) is 7.11 Å². The van der Waals surface area contributed by atoms with E-state index in [1.807, 2.05) is 0 Å². The van der Waals surface area contributed by atoms with Crippen LogP contribution in [0.2, 0.25) is 0 Å². The van der Waals surface area contributed by atoms with E-state index in [0.29, 0.717) is 17.1 Å². The number of rotatable bonds is 5. The predicted molar refractivity (Wildman–Crippen MR) is 74.1 cm³/mol. The first kappa shape index (κ1) is 13.9. The Bertz CT molecular complexity index is 764. The fourth-order valence-corrected chi connectivity index (χ4v) is 1.83. The molecule has 2 aromatic heterocycles. The van der Waals surface area contributed by atoms with Crippen molar-refractivity contribution in [1.29, 1.82) is 0 Å². The van der Waals surface area contributed by atoms with E-state index in [0.717, 1.165) is 0 Å². The van der Waals surface area contributed by atoms with Crippen LogP contribution >= 0.6 is 0 Å². The molecule has 0 aliphatic carbocycles. The third kappa shape index (κ3) is 2.83. The number of methoxy groups -OCH3 is 1. The van der Waals surface area contributed by atoms with Gasteiger partial charge in [-0.2, -0.15) is 0 Å². The second kappa shape index (κ2) is 6.13. The maximum absolute atomic E-state index is 12.0. The van der Waals surface area contributed by atoms with Gasteiger partial charge in [-0.3, -0.25) is 0 Å². The Morgan fingerprint density at radius 1 is 1.18 bits per heavy atom. The molecule has 3 rings (SSSR count). The van der Waals surface area contributed by atoms with Crippen molar-refractivity contribution in [2.24, 2.45) is 0 Å². The van der Waals surface area contributed by atoms with Crippen LogP contribution in [0.5, 0.6) is 5.75 Å². The molecule has 7 heteroatoms. The van der Waals surface area contributed by atoms with Gasteiger partial charge >= 0.3 is 5.97 Å². The first-order valence-electron chi connectivity index (χ1n) is 6.44. The molecule has 7 nitrogen and oxygen atoms in total. The SMILES string of the molecule is COc1ccccc1C(=O)OCc1nnc(-c2ccco2)o1. The van der Waals surface area contributed by atoms with Gasteiger partial charge in [-0.25, -0.2) is 4.79 Å². The number of furan rings is 1. The fourth-order valence-electron chi connectivity index (χ4n) is 1.83. The summed E-state index contributed by atoms with van der Waals surface area (Å²) in [5.74, 6) is 0.766. The first-order chi connectivity index (χ1) is 10.8. The minimum absolute atomic E-state index is 0.134. The lowest BCUT2D eigenvalue weighted by Crippen LogP contribution is -2.07. The third-order valence-corrected chi connectivity index (χ3v) is 2.85. The molecule has 0 radical (unpaired) electrons. The zero-order valence-electron chi connectivity index (χ0n) is 11.7. The number of para-hydroxylation sites is 1. The van der Waals surface area contributed by atoms with Crippen LogP contribution < -0.4 is 4.74 Å². The molecule has 0 aliphatic heterocycles. The van der Waals surface area contributed by atoms with E-state index in [1.54, 1.807) is 36.4 Å². The highest BCUT2D eigenvalue weighted by atomic mass is 16.5. The zero-order valence-corrected chi connectivity index (χ0v) is 11.7. The van der Waals surface area contributed by atoms with E-state index in [4.69, 9.17) is 18.3 Å². The summed E-state index contributed by atoms with van der Waals surface area (Å²) >= 11 is 0. The van der Waals surface area contributed by atoms with Gasteiger partial charge in [-0.1, -0.05) is 12.1 Å². The Morgan fingerprint density at radius 3 is 2.82 bits per heavy atom. The van der Waals surface area contributed by atoms with Crippen molar-refractivity contribution >= 4 is 5.97 Å². The number of benzene rings is 1. The van der Waals surface area contributed by atoms with E-state index < -0.39 is 5.97 Å². The minimum Gasteiger partial charge on any atom is -0.496 e. The van der Waals surface area contributed by atoms with Gasteiger partial charge in [0.15, 0.2) is 12.4 Å². The summed E-state index contributed by atoms with van der Waals surface area (Å²) in [4.78, 5) is 12.0. The molecule has 0 saturated heterocycles. The Morgan fingerprint density at radius 2 is 2.05 bits per heavy atom. The van der Waals surface area contributed by atoms with Crippen LogP contribution in [-0.2, 0) is 11.3 Å². The first-order valence-corrected chi connectivity index (χ1v) is 6.44. The van der Waals surface area contributed by atoms with Gasteiger partial charge in [-0.15, -0.1) is 10.2 Å². The van der Waals surface area contributed by atoms with Crippen molar-refractivity contribution in [1.82, 2.24) is 10.2 Å². The number of hydrogen-bond acceptors (Lipinski definition) is 7. The van der Waals surface area contributed by atoms with Crippen LogP contribution in [0.1, 0.15) is 16.2 Å². The summed E-state index contributed by atoms with van der Waals surface area (Å²) < 4.78 is 20.7. The van der Waals surface area contributed by atoms with E-state index >= 15 is 0 Å². The molecule has 0 bridgehead atoms. The highest BCUT2D eigenvalue weighted by Crippen LogP contribution is 2.20. The van der Waals surface area contributed by atoms with Crippen molar-refractivity contribution < 1.29 is 23.1 Å². The molecule has 0 unspecified atom stereocenters. The fraction of sp³-hybridized carbons (Fsp3) is 0.133. The molecule has 0 N–H and O–H groups in total. The summed E-state index contributed by atoms with van der Waals surface area (Å²) in [7, 11) is 1.49. The van der Waals surface area contributed by atoms with E-state index in [9.17, 15) is 4.79 Å². The molecule has 3 aromatic rings. The highest BCUT2D eigenvalue weighted by molar-refractivity contribution is 5.92. The number of carbonyl (C=O) groups is 1. The molecule has 0 amide bonds. The average Bonchev–Trinajstić information content (AvgIpc) is 3.23. The second-order valence-corrected chi connectivity index (χ2v) is 4.25. The van der Waals surface area contributed by atoms with Crippen LogP contribution in [0.3, 0.4) is 0 Å². The van der Waals surface area contributed by atoms with Crippen LogP contribution in [-0.4, -0.2) is 23.3 Å². The molecule has 22 heavy (non-hydrogen) atoms. The van der Waals surface area contributed by atoms with Gasteiger partial charge in [0.05, 0.1) is 13.4 Å². The van der Waals surface area contributed by atoms with Crippen LogP contribution in [0.4, 0.5) is 0 Å². The topological polar surface area (TPSA) is 87.6 Å². The summed E-state index contributed by atoms with van der Waals surface area (Å²) in [6, 6.07) is 10.2. The van der Waals surface area contributed by atoms with E-state index in [-0.39, 0.29) is 18.4 Å². The lowest BCUT2D eigenvalue weighted by atomic mass is 10.2. The largest absolute Gasteiger partial charge is 0.496 e. The van der Waals surface area contributed by atoms with Crippen molar-refractivity contribution in [3.63, 3.8) is 0 Å². The van der Waals surface area contributed by atoms with E-state index in [1.165, 1.54) is 13.4 Å². The number of ether oxygens (including phenoxy) is 2. The quantitative estimate of drug-likeness (QED) is 0.669. The molecule has 2 heterocycles. The molecule has 0 spiro atoms. The molecular formula is C15H12N2O5. The molecule has 0 saturated carbocycles. The second-order valence-electron chi connectivity index (χ2n) is 4.25. The van der Waals surface area contributed by atoms with E-state index in [2.05, 4.69) is 10.2 Å². The van der Waals surface area contributed by atoms with Crippen molar-refractivity contribution in [2.45, 2.75) is 6.61 Å². The van der Waals surface area contributed by atoms with Crippen molar-refractivity contribution in [3.05, 3.63) is 54.1 Å². The summed E-state index contributed by atoms with van der Waals surface area (Å²) in [6.07, 6.45) is 1.50. The zero-order chi connectivity index (χ0) is 15.4. The molecule has 1 aromatic carbocycles.